The van der Waals surface area contributed by atoms with Crippen LogP contribution in [0.25, 0.3) is 0 Å². The van der Waals surface area contributed by atoms with Gasteiger partial charge in [-0.3, -0.25) is 9.89 Å². The summed E-state index contributed by atoms with van der Waals surface area (Å²) in [4.78, 5) is 26.7. The second-order valence-corrected chi connectivity index (χ2v) is 4.06. The Morgan fingerprint density at radius 3 is 2.59 bits per heavy atom. The molecule has 0 aliphatic carbocycles. The summed E-state index contributed by atoms with van der Waals surface area (Å²) in [6.45, 7) is 2.80. The number of likely N-dealkylation sites (N-methyl/N-ethyl adjacent to an activating group) is 1. The number of H-pyrrole nitrogens is 1. The number of nitrogens with zero attached hydrogens (tertiary/aromatic N) is 3. The highest BCUT2D eigenvalue weighted by Crippen LogP contribution is 2.10. The molecule has 17 heavy (non-hydrogen) atoms. The third-order valence-corrected chi connectivity index (χ3v) is 2.87. The number of aromatic nitrogens is 2. The van der Waals surface area contributed by atoms with E-state index < -0.39 is 5.97 Å². The molecular weight excluding hydrogens is 224 g/mol. The Balaban J connectivity index is 2.14. The molecule has 1 fully saturated rings. The summed E-state index contributed by atoms with van der Waals surface area (Å²) >= 11 is 0. The van der Waals surface area contributed by atoms with Crippen LogP contribution in [0.4, 0.5) is 0 Å². The molecule has 1 aromatic heterocycles. The summed E-state index contributed by atoms with van der Waals surface area (Å²) < 4.78 is 0. The Hall–Kier alpha value is -1.89. The van der Waals surface area contributed by atoms with E-state index in [2.05, 4.69) is 15.1 Å². The predicted molar refractivity (Wildman–Crippen MR) is 58.9 cm³/mol. The van der Waals surface area contributed by atoms with Crippen molar-refractivity contribution in [1.82, 2.24) is 20.0 Å². The van der Waals surface area contributed by atoms with Gasteiger partial charge in [-0.15, -0.1) is 0 Å². The molecular formula is C10H14N4O3. The summed E-state index contributed by atoms with van der Waals surface area (Å²) in [6, 6.07) is 0. The van der Waals surface area contributed by atoms with E-state index in [9.17, 15) is 9.59 Å². The lowest BCUT2D eigenvalue weighted by Crippen LogP contribution is -2.47. The van der Waals surface area contributed by atoms with E-state index >= 15 is 0 Å². The lowest BCUT2D eigenvalue weighted by molar-refractivity contribution is 0.0631. The zero-order valence-electron chi connectivity index (χ0n) is 9.51. The number of carboxylic acids is 1. The maximum Gasteiger partial charge on any atom is 0.339 e. The van der Waals surface area contributed by atoms with Crippen molar-refractivity contribution in [3.05, 3.63) is 17.5 Å². The first kappa shape index (κ1) is 11.6. The number of carboxylic acid groups (broad SMARTS) is 1. The molecule has 1 aliphatic rings. The van der Waals surface area contributed by atoms with Crippen LogP contribution in [0.2, 0.25) is 0 Å². The fraction of sp³-hybridized carbons (Fsp3) is 0.500. The highest BCUT2D eigenvalue weighted by molar-refractivity contribution is 6.03. The molecule has 2 rings (SSSR count). The highest BCUT2D eigenvalue weighted by Gasteiger charge is 2.25. The van der Waals surface area contributed by atoms with Gasteiger partial charge in [0.2, 0.25) is 0 Å². The zero-order valence-corrected chi connectivity index (χ0v) is 9.51. The van der Waals surface area contributed by atoms with Gasteiger partial charge < -0.3 is 14.9 Å². The Morgan fingerprint density at radius 2 is 2.00 bits per heavy atom. The van der Waals surface area contributed by atoms with E-state index in [4.69, 9.17) is 5.11 Å². The predicted octanol–water partition coefficient (Wildman–Crippen LogP) is -0.504. The average molecular weight is 238 g/mol. The molecule has 0 spiro atoms. The number of aromatic amines is 1. The van der Waals surface area contributed by atoms with Crippen molar-refractivity contribution in [2.45, 2.75) is 0 Å². The fourth-order valence-electron chi connectivity index (χ4n) is 1.78. The van der Waals surface area contributed by atoms with Crippen LogP contribution in [0.3, 0.4) is 0 Å². The summed E-state index contributed by atoms with van der Waals surface area (Å²) in [7, 11) is 1.99. The summed E-state index contributed by atoms with van der Waals surface area (Å²) in [6.07, 6.45) is 1.16. The SMILES string of the molecule is CN1CCN(C(=O)c2[nH]ncc2C(=O)O)CC1. The van der Waals surface area contributed by atoms with Gasteiger partial charge in [-0.2, -0.15) is 5.10 Å². The molecule has 1 aliphatic heterocycles. The van der Waals surface area contributed by atoms with Crippen LogP contribution < -0.4 is 0 Å². The van der Waals surface area contributed by atoms with Crippen molar-refractivity contribution in [2.24, 2.45) is 0 Å². The van der Waals surface area contributed by atoms with Crippen molar-refractivity contribution in [3.63, 3.8) is 0 Å². The first-order chi connectivity index (χ1) is 8.09. The third-order valence-electron chi connectivity index (χ3n) is 2.87. The van der Waals surface area contributed by atoms with Crippen molar-refractivity contribution >= 4 is 11.9 Å². The van der Waals surface area contributed by atoms with E-state index in [1.54, 1.807) is 4.90 Å². The zero-order chi connectivity index (χ0) is 12.4. The molecule has 2 N–H and O–H groups in total. The molecule has 7 nitrogen and oxygen atoms in total. The van der Waals surface area contributed by atoms with Gasteiger partial charge in [0.05, 0.1) is 6.20 Å². The maximum absolute atomic E-state index is 12.1. The van der Waals surface area contributed by atoms with E-state index in [-0.39, 0.29) is 17.2 Å². The minimum absolute atomic E-state index is 0.0575. The number of nitrogens with one attached hydrogen (secondary N) is 1. The summed E-state index contributed by atoms with van der Waals surface area (Å²) in [5.74, 6) is -1.44. The normalized spacial score (nSPS) is 17.1. The van der Waals surface area contributed by atoms with E-state index in [1.807, 2.05) is 7.05 Å². The van der Waals surface area contributed by atoms with Crippen molar-refractivity contribution in [2.75, 3.05) is 33.2 Å². The lowest BCUT2D eigenvalue weighted by Gasteiger charge is -2.32. The Bertz CT molecular complexity index is 435. The number of amides is 1. The number of piperazine rings is 1. The quantitative estimate of drug-likeness (QED) is 0.724. The number of hydrogen-bond donors (Lipinski definition) is 2. The Labute approximate surface area is 98.0 Å². The first-order valence-corrected chi connectivity index (χ1v) is 5.34. The second kappa shape index (κ2) is 4.54. The third kappa shape index (κ3) is 2.28. The van der Waals surface area contributed by atoms with Gasteiger partial charge in [-0.05, 0) is 7.05 Å². The molecule has 0 saturated carbocycles. The molecule has 0 atom stereocenters. The van der Waals surface area contributed by atoms with Crippen LogP contribution in [0.15, 0.2) is 6.20 Å². The number of carbonyl (C=O) groups is 2. The highest BCUT2D eigenvalue weighted by atomic mass is 16.4. The average Bonchev–Trinajstić information content (AvgIpc) is 2.78. The smallest absolute Gasteiger partial charge is 0.339 e. The van der Waals surface area contributed by atoms with Gasteiger partial charge in [-0.1, -0.05) is 0 Å². The number of carbonyl (C=O) groups excluding carboxylic acids is 1. The van der Waals surface area contributed by atoms with Gasteiger partial charge in [-0.25, -0.2) is 4.79 Å². The molecule has 1 amide bonds. The minimum atomic E-state index is -1.14. The second-order valence-electron chi connectivity index (χ2n) is 4.06. The molecule has 7 heteroatoms. The van der Waals surface area contributed by atoms with Gasteiger partial charge in [0, 0.05) is 26.2 Å². The topological polar surface area (TPSA) is 89.5 Å². The molecule has 0 bridgehead atoms. The number of rotatable bonds is 2. The van der Waals surface area contributed by atoms with Crippen LogP contribution in [-0.4, -0.2) is 70.2 Å². The van der Waals surface area contributed by atoms with E-state index in [1.165, 1.54) is 0 Å². The molecule has 0 radical (unpaired) electrons. The monoisotopic (exact) mass is 238 g/mol. The van der Waals surface area contributed by atoms with Crippen LogP contribution >= 0.6 is 0 Å². The Kier molecular flexibility index (Phi) is 3.10. The number of aromatic carboxylic acids is 1. The largest absolute Gasteiger partial charge is 0.478 e. The van der Waals surface area contributed by atoms with Crippen LogP contribution in [0.5, 0.6) is 0 Å². The molecule has 0 unspecified atom stereocenters. The van der Waals surface area contributed by atoms with Gasteiger partial charge in [0.1, 0.15) is 11.3 Å². The van der Waals surface area contributed by atoms with E-state index in [0.29, 0.717) is 13.1 Å². The van der Waals surface area contributed by atoms with Crippen LogP contribution in [0, 0.1) is 0 Å². The van der Waals surface area contributed by atoms with Gasteiger partial charge in [0.15, 0.2) is 0 Å². The molecule has 1 saturated heterocycles. The van der Waals surface area contributed by atoms with Crippen molar-refractivity contribution in [1.29, 1.82) is 0 Å². The van der Waals surface area contributed by atoms with Crippen molar-refractivity contribution < 1.29 is 14.7 Å². The van der Waals surface area contributed by atoms with Crippen LogP contribution in [-0.2, 0) is 0 Å². The standard InChI is InChI=1S/C10H14N4O3/c1-13-2-4-14(5-3-13)9(15)8-7(10(16)17)6-11-12-8/h6H,2-5H2,1H3,(H,11,12)(H,16,17). The lowest BCUT2D eigenvalue weighted by atomic mass is 10.2. The van der Waals surface area contributed by atoms with Gasteiger partial charge >= 0.3 is 5.97 Å². The summed E-state index contributed by atoms with van der Waals surface area (Å²) in [5, 5.41) is 15.0. The molecule has 1 aromatic rings. The Morgan fingerprint density at radius 1 is 1.35 bits per heavy atom. The van der Waals surface area contributed by atoms with Crippen LogP contribution in [0.1, 0.15) is 20.8 Å². The summed E-state index contributed by atoms with van der Waals surface area (Å²) in [5.41, 5.74) is -0.0176. The number of hydrogen-bond acceptors (Lipinski definition) is 4. The fourth-order valence-corrected chi connectivity index (χ4v) is 1.78. The molecule has 92 valence electrons. The van der Waals surface area contributed by atoms with Crippen molar-refractivity contribution in [3.8, 4) is 0 Å². The minimum Gasteiger partial charge on any atom is -0.478 e. The van der Waals surface area contributed by atoms with E-state index in [0.717, 1.165) is 19.3 Å². The molecule has 0 aromatic carbocycles. The maximum atomic E-state index is 12.1. The first-order valence-electron chi connectivity index (χ1n) is 5.34. The molecule has 2 heterocycles. The van der Waals surface area contributed by atoms with Gasteiger partial charge in [0.25, 0.3) is 5.91 Å².